The van der Waals surface area contributed by atoms with E-state index >= 15 is 0 Å². The standard InChI is InChI=1S/C27H25N3O4S/c1-14-8-15(2)10-21(9-14)30-25(32)22(24(31)28-27(30)35)13-20-12-17(4)29(18(20)5)23-7-6-19(26(33)34)11-16(23)3/h6-13H,1-5H3,(H,33,34)(H,28,31,35)/b22-13+. The highest BCUT2D eigenvalue weighted by atomic mass is 32.1. The molecule has 1 saturated heterocycles. The number of rotatable bonds is 4. The normalized spacial score (nSPS) is 15.1. The number of benzene rings is 2. The van der Waals surface area contributed by atoms with Gasteiger partial charge in [0.25, 0.3) is 11.8 Å². The van der Waals surface area contributed by atoms with Crippen LogP contribution in [0.4, 0.5) is 5.69 Å². The second-order valence-corrected chi connectivity index (χ2v) is 9.16. The van der Waals surface area contributed by atoms with Crippen LogP contribution in [0, 0.1) is 34.6 Å². The summed E-state index contributed by atoms with van der Waals surface area (Å²) in [4.78, 5) is 38.9. The maximum absolute atomic E-state index is 13.4. The largest absolute Gasteiger partial charge is 0.478 e. The number of thiocarbonyl (C=S) groups is 1. The Bertz CT molecular complexity index is 1450. The third-order valence-corrected chi connectivity index (χ3v) is 6.31. The average molecular weight is 488 g/mol. The number of nitrogens with zero attached hydrogens (tertiary/aromatic N) is 2. The zero-order valence-electron chi connectivity index (χ0n) is 20.1. The van der Waals surface area contributed by atoms with E-state index in [0.29, 0.717) is 11.3 Å². The molecule has 1 aliphatic rings. The first-order chi connectivity index (χ1) is 16.5. The molecule has 1 aromatic heterocycles. The molecular formula is C27H25N3O4S. The topological polar surface area (TPSA) is 91.6 Å². The molecule has 0 spiro atoms. The van der Waals surface area contributed by atoms with Crippen molar-refractivity contribution >= 4 is 46.9 Å². The van der Waals surface area contributed by atoms with Gasteiger partial charge in [-0.05, 0) is 112 Å². The lowest BCUT2D eigenvalue weighted by Gasteiger charge is -2.29. The quantitative estimate of drug-likeness (QED) is 0.320. The number of aromatic carboxylic acids is 1. The summed E-state index contributed by atoms with van der Waals surface area (Å²) in [5, 5.41) is 11.9. The Balaban J connectivity index is 1.78. The molecule has 0 bridgehead atoms. The number of aromatic nitrogens is 1. The molecule has 0 saturated carbocycles. The molecule has 0 radical (unpaired) electrons. The Morgan fingerprint density at radius 3 is 2.23 bits per heavy atom. The molecule has 35 heavy (non-hydrogen) atoms. The molecule has 2 N–H and O–H groups in total. The van der Waals surface area contributed by atoms with Gasteiger partial charge >= 0.3 is 5.97 Å². The number of aryl methyl sites for hydroxylation is 4. The van der Waals surface area contributed by atoms with Crippen LogP contribution in [0.15, 0.2) is 48.0 Å². The monoisotopic (exact) mass is 487 g/mol. The van der Waals surface area contributed by atoms with Crippen LogP contribution in [-0.2, 0) is 9.59 Å². The fraction of sp³-hybridized carbons (Fsp3) is 0.185. The highest BCUT2D eigenvalue weighted by Crippen LogP contribution is 2.28. The van der Waals surface area contributed by atoms with Gasteiger partial charge in [-0.1, -0.05) is 6.07 Å². The molecule has 7 nitrogen and oxygen atoms in total. The smallest absolute Gasteiger partial charge is 0.335 e. The Morgan fingerprint density at radius 1 is 0.971 bits per heavy atom. The fourth-order valence-corrected chi connectivity index (χ4v) is 4.75. The van der Waals surface area contributed by atoms with E-state index in [9.17, 15) is 19.5 Å². The van der Waals surface area contributed by atoms with E-state index in [1.54, 1.807) is 24.3 Å². The fourth-order valence-electron chi connectivity index (χ4n) is 4.47. The molecule has 178 valence electrons. The minimum absolute atomic E-state index is 0.0176. The minimum atomic E-state index is -0.987. The third-order valence-electron chi connectivity index (χ3n) is 6.02. The van der Waals surface area contributed by atoms with Gasteiger partial charge < -0.3 is 9.67 Å². The van der Waals surface area contributed by atoms with E-state index < -0.39 is 17.8 Å². The second kappa shape index (κ2) is 8.96. The third kappa shape index (κ3) is 4.40. The van der Waals surface area contributed by atoms with Crippen LogP contribution >= 0.6 is 12.2 Å². The van der Waals surface area contributed by atoms with Gasteiger partial charge in [0.2, 0.25) is 0 Å². The van der Waals surface area contributed by atoms with E-state index in [4.69, 9.17) is 12.2 Å². The molecule has 4 rings (SSSR count). The van der Waals surface area contributed by atoms with Crippen molar-refractivity contribution in [2.24, 2.45) is 0 Å². The van der Waals surface area contributed by atoms with Crippen LogP contribution < -0.4 is 10.2 Å². The number of nitrogens with one attached hydrogen (secondary N) is 1. The molecule has 1 fully saturated rings. The summed E-state index contributed by atoms with van der Waals surface area (Å²) < 4.78 is 1.98. The lowest BCUT2D eigenvalue weighted by Crippen LogP contribution is -2.54. The second-order valence-electron chi connectivity index (χ2n) is 8.77. The number of carbonyl (C=O) groups excluding carboxylic acids is 2. The Kier molecular flexibility index (Phi) is 6.17. The zero-order valence-corrected chi connectivity index (χ0v) is 20.9. The minimum Gasteiger partial charge on any atom is -0.478 e. The molecule has 0 unspecified atom stereocenters. The Labute approximate surface area is 208 Å². The van der Waals surface area contributed by atoms with Gasteiger partial charge in [0.1, 0.15) is 5.57 Å². The number of carbonyl (C=O) groups is 3. The summed E-state index contributed by atoms with van der Waals surface area (Å²) in [6.07, 6.45) is 1.58. The summed E-state index contributed by atoms with van der Waals surface area (Å²) in [7, 11) is 0. The molecule has 2 heterocycles. The molecule has 2 amide bonds. The van der Waals surface area contributed by atoms with Crippen LogP contribution in [0.1, 0.15) is 44.0 Å². The van der Waals surface area contributed by atoms with Crippen molar-refractivity contribution in [2.75, 3.05) is 4.90 Å². The molecule has 2 aromatic carbocycles. The van der Waals surface area contributed by atoms with Crippen molar-refractivity contribution in [3.8, 4) is 5.69 Å². The first-order valence-electron chi connectivity index (χ1n) is 11.0. The van der Waals surface area contributed by atoms with Gasteiger partial charge in [-0.15, -0.1) is 0 Å². The Morgan fingerprint density at radius 2 is 1.63 bits per heavy atom. The van der Waals surface area contributed by atoms with Crippen molar-refractivity contribution in [1.29, 1.82) is 0 Å². The van der Waals surface area contributed by atoms with E-state index in [-0.39, 0.29) is 16.2 Å². The number of anilines is 1. The lowest BCUT2D eigenvalue weighted by atomic mass is 10.1. The summed E-state index contributed by atoms with van der Waals surface area (Å²) in [6.45, 7) is 9.52. The van der Waals surface area contributed by atoms with Crippen LogP contribution in [0.25, 0.3) is 11.8 Å². The highest BCUT2D eigenvalue weighted by Gasteiger charge is 2.35. The van der Waals surface area contributed by atoms with Gasteiger partial charge in [-0.3, -0.25) is 19.8 Å². The molecule has 1 aliphatic heterocycles. The number of carboxylic acids is 1. The molecule has 8 heteroatoms. The van der Waals surface area contributed by atoms with E-state index in [2.05, 4.69) is 5.32 Å². The van der Waals surface area contributed by atoms with E-state index in [1.807, 2.05) is 63.5 Å². The number of amides is 2. The predicted octanol–water partition coefficient (Wildman–Crippen LogP) is 4.55. The predicted molar refractivity (Wildman–Crippen MR) is 139 cm³/mol. The summed E-state index contributed by atoms with van der Waals surface area (Å²) in [6, 6.07) is 12.5. The van der Waals surface area contributed by atoms with Crippen LogP contribution in [0.5, 0.6) is 0 Å². The van der Waals surface area contributed by atoms with E-state index in [1.165, 1.54) is 4.90 Å². The molecule has 0 aliphatic carbocycles. The number of hydrogen-bond acceptors (Lipinski definition) is 4. The zero-order chi connectivity index (χ0) is 25.6. The van der Waals surface area contributed by atoms with Crippen molar-refractivity contribution in [2.45, 2.75) is 34.6 Å². The van der Waals surface area contributed by atoms with Crippen molar-refractivity contribution in [1.82, 2.24) is 9.88 Å². The van der Waals surface area contributed by atoms with E-state index in [0.717, 1.165) is 33.8 Å². The van der Waals surface area contributed by atoms with Gasteiger partial charge in [-0.2, -0.15) is 0 Å². The summed E-state index contributed by atoms with van der Waals surface area (Å²) >= 11 is 5.33. The Hall–Kier alpha value is -4.04. The number of carboxylic acid groups (broad SMARTS) is 1. The maximum atomic E-state index is 13.4. The van der Waals surface area contributed by atoms with Gasteiger partial charge in [0, 0.05) is 17.1 Å². The molecule has 3 aromatic rings. The summed E-state index contributed by atoms with van der Waals surface area (Å²) in [5.74, 6) is -2.03. The SMILES string of the molecule is Cc1cc(C)cc(N2C(=O)/C(=C/c3cc(C)n(-c4ccc(C(=O)O)cc4C)c3C)C(=O)NC2=S)c1. The first kappa shape index (κ1) is 24.1. The summed E-state index contributed by atoms with van der Waals surface area (Å²) in [5.41, 5.74) is 6.77. The molecular weight excluding hydrogens is 462 g/mol. The van der Waals surface area contributed by atoms with Gasteiger partial charge in [-0.25, -0.2) is 4.79 Å². The van der Waals surface area contributed by atoms with Crippen LogP contribution in [-0.4, -0.2) is 32.6 Å². The number of hydrogen-bond donors (Lipinski definition) is 2. The van der Waals surface area contributed by atoms with Crippen molar-refractivity contribution in [3.63, 3.8) is 0 Å². The van der Waals surface area contributed by atoms with Crippen molar-refractivity contribution < 1.29 is 19.5 Å². The van der Waals surface area contributed by atoms with Gasteiger partial charge in [0.15, 0.2) is 5.11 Å². The van der Waals surface area contributed by atoms with Gasteiger partial charge in [0.05, 0.1) is 11.3 Å². The lowest BCUT2D eigenvalue weighted by molar-refractivity contribution is -0.122. The average Bonchev–Trinajstić information content (AvgIpc) is 3.03. The van der Waals surface area contributed by atoms with Crippen LogP contribution in [0.2, 0.25) is 0 Å². The maximum Gasteiger partial charge on any atom is 0.335 e. The molecule has 0 atom stereocenters. The first-order valence-corrected chi connectivity index (χ1v) is 11.4. The van der Waals surface area contributed by atoms with Crippen molar-refractivity contribution in [3.05, 3.63) is 87.2 Å². The highest BCUT2D eigenvalue weighted by molar-refractivity contribution is 7.80. The van der Waals surface area contributed by atoms with Crippen LogP contribution in [0.3, 0.4) is 0 Å².